The van der Waals surface area contributed by atoms with Crippen molar-refractivity contribution in [3.8, 4) is 0 Å². The van der Waals surface area contributed by atoms with Gasteiger partial charge in [0.25, 0.3) is 0 Å². The number of carbonyl (C=O) groups is 1. The number of carbonyl (C=O) groups excluding carboxylic acids is 1. The summed E-state index contributed by atoms with van der Waals surface area (Å²) in [4.78, 5) is 16.8. The number of likely N-dealkylation sites (N-methyl/N-ethyl adjacent to an activating group) is 1. The van der Waals surface area contributed by atoms with E-state index in [1.165, 1.54) is 5.56 Å². The second-order valence-electron chi connectivity index (χ2n) is 7.40. The van der Waals surface area contributed by atoms with Gasteiger partial charge in [-0.3, -0.25) is 9.69 Å². The van der Waals surface area contributed by atoms with Crippen LogP contribution in [0.25, 0.3) is 0 Å². The first kappa shape index (κ1) is 18.7. The van der Waals surface area contributed by atoms with Gasteiger partial charge in [-0.2, -0.15) is 0 Å². The number of aryl methyl sites for hydroxylation is 1. The van der Waals surface area contributed by atoms with Crippen LogP contribution in [-0.2, 0) is 4.79 Å². The highest BCUT2D eigenvalue weighted by Gasteiger charge is 2.26. The van der Waals surface area contributed by atoms with Crippen molar-refractivity contribution in [2.75, 3.05) is 41.3 Å². The molecule has 0 aliphatic heterocycles. The van der Waals surface area contributed by atoms with Crippen LogP contribution in [0, 0.1) is 12.3 Å². The Morgan fingerprint density at radius 3 is 2.36 bits per heavy atom. The standard InChI is InChI=1S/C18H31N3O/c1-14-9-8-10-15(11-14)16(21(6)7)17(22)19-12-18(2,3)13-20(4)5/h8-11,16H,12-13H2,1-7H3,(H,19,22). The number of hydrogen-bond acceptors (Lipinski definition) is 3. The average molecular weight is 305 g/mol. The van der Waals surface area contributed by atoms with Crippen molar-refractivity contribution in [3.63, 3.8) is 0 Å². The minimum atomic E-state index is -0.255. The molecule has 1 rings (SSSR count). The maximum Gasteiger partial charge on any atom is 0.241 e. The van der Waals surface area contributed by atoms with E-state index in [9.17, 15) is 4.79 Å². The fraction of sp³-hybridized carbons (Fsp3) is 0.611. The van der Waals surface area contributed by atoms with E-state index >= 15 is 0 Å². The first-order valence-electron chi connectivity index (χ1n) is 7.78. The Kier molecular flexibility index (Phi) is 6.57. The molecular formula is C18H31N3O. The van der Waals surface area contributed by atoms with Crippen molar-refractivity contribution >= 4 is 5.91 Å². The molecule has 124 valence electrons. The molecule has 0 spiro atoms. The van der Waals surface area contributed by atoms with Crippen molar-refractivity contribution in [1.82, 2.24) is 15.1 Å². The molecule has 0 aliphatic carbocycles. The Balaban J connectivity index is 2.79. The van der Waals surface area contributed by atoms with Gasteiger partial charge in [-0.05, 0) is 46.1 Å². The highest BCUT2D eigenvalue weighted by Crippen LogP contribution is 2.21. The van der Waals surface area contributed by atoms with Gasteiger partial charge in [0.1, 0.15) is 6.04 Å². The van der Waals surface area contributed by atoms with E-state index in [1.807, 2.05) is 44.1 Å². The highest BCUT2D eigenvalue weighted by atomic mass is 16.2. The van der Waals surface area contributed by atoms with E-state index in [0.717, 1.165) is 12.1 Å². The maximum absolute atomic E-state index is 12.7. The van der Waals surface area contributed by atoms with Crippen molar-refractivity contribution in [2.45, 2.75) is 26.8 Å². The molecule has 0 bridgehead atoms. The molecule has 4 heteroatoms. The summed E-state index contributed by atoms with van der Waals surface area (Å²) in [6.07, 6.45) is 0. The topological polar surface area (TPSA) is 35.6 Å². The molecule has 22 heavy (non-hydrogen) atoms. The lowest BCUT2D eigenvalue weighted by Gasteiger charge is -2.30. The number of hydrogen-bond donors (Lipinski definition) is 1. The SMILES string of the molecule is Cc1cccc(C(C(=O)NCC(C)(C)CN(C)C)N(C)C)c1. The number of rotatable bonds is 7. The summed E-state index contributed by atoms with van der Waals surface area (Å²) in [5, 5.41) is 3.12. The molecule has 1 N–H and O–H groups in total. The van der Waals surface area contributed by atoms with Crippen LogP contribution in [0.1, 0.15) is 31.0 Å². The molecule has 4 nitrogen and oxygen atoms in total. The van der Waals surface area contributed by atoms with E-state index in [1.54, 1.807) is 0 Å². The van der Waals surface area contributed by atoms with Gasteiger partial charge in [0.2, 0.25) is 5.91 Å². The van der Waals surface area contributed by atoms with Crippen molar-refractivity contribution < 1.29 is 4.79 Å². The van der Waals surface area contributed by atoms with Crippen LogP contribution in [0.2, 0.25) is 0 Å². The summed E-state index contributed by atoms with van der Waals surface area (Å²) < 4.78 is 0. The van der Waals surface area contributed by atoms with Gasteiger partial charge in [0, 0.05) is 13.1 Å². The molecule has 1 atom stereocenters. The molecule has 0 fully saturated rings. The Labute approximate surface area is 135 Å². The van der Waals surface area contributed by atoms with Crippen LogP contribution in [0.3, 0.4) is 0 Å². The van der Waals surface area contributed by atoms with E-state index in [0.29, 0.717) is 6.54 Å². The smallest absolute Gasteiger partial charge is 0.241 e. The zero-order valence-corrected chi connectivity index (χ0v) is 15.1. The molecule has 0 saturated carbocycles. The molecule has 1 aromatic rings. The Morgan fingerprint density at radius 2 is 1.86 bits per heavy atom. The number of nitrogens with one attached hydrogen (secondary N) is 1. The minimum absolute atomic E-state index is 0.0443. The van der Waals surface area contributed by atoms with E-state index in [2.05, 4.69) is 44.2 Å². The lowest BCUT2D eigenvalue weighted by atomic mass is 9.92. The number of amides is 1. The molecule has 1 unspecified atom stereocenters. The quantitative estimate of drug-likeness (QED) is 0.839. The van der Waals surface area contributed by atoms with Crippen LogP contribution in [0.4, 0.5) is 0 Å². The zero-order valence-electron chi connectivity index (χ0n) is 15.1. The molecule has 0 radical (unpaired) electrons. The number of nitrogens with zero attached hydrogens (tertiary/aromatic N) is 2. The summed E-state index contributed by atoms with van der Waals surface area (Å²) in [5.41, 5.74) is 2.25. The summed E-state index contributed by atoms with van der Waals surface area (Å²) in [7, 11) is 7.99. The predicted octanol–water partition coefficient (Wildman–Crippen LogP) is 2.30. The number of benzene rings is 1. The van der Waals surface area contributed by atoms with Crippen molar-refractivity contribution in [2.24, 2.45) is 5.41 Å². The summed E-state index contributed by atoms with van der Waals surface area (Å²) >= 11 is 0. The zero-order chi connectivity index (χ0) is 16.9. The van der Waals surface area contributed by atoms with Gasteiger partial charge in [-0.25, -0.2) is 0 Å². The second kappa shape index (κ2) is 7.75. The van der Waals surface area contributed by atoms with Crippen LogP contribution in [-0.4, -0.2) is 57.0 Å². The molecule has 0 aromatic heterocycles. The van der Waals surface area contributed by atoms with Crippen LogP contribution in [0.5, 0.6) is 0 Å². The lowest BCUT2D eigenvalue weighted by molar-refractivity contribution is -0.126. The Bertz CT molecular complexity index is 495. The third kappa shape index (κ3) is 5.78. The predicted molar refractivity (Wildman–Crippen MR) is 93.0 cm³/mol. The normalized spacial score (nSPS) is 13.5. The molecule has 0 heterocycles. The monoisotopic (exact) mass is 305 g/mol. The Hall–Kier alpha value is -1.39. The van der Waals surface area contributed by atoms with Gasteiger partial charge >= 0.3 is 0 Å². The summed E-state index contributed by atoms with van der Waals surface area (Å²) in [6, 6.07) is 7.89. The average Bonchev–Trinajstić information content (AvgIpc) is 2.35. The molecular weight excluding hydrogens is 274 g/mol. The minimum Gasteiger partial charge on any atom is -0.354 e. The lowest BCUT2D eigenvalue weighted by Crippen LogP contribution is -2.44. The molecule has 0 aliphatic rings. The van der Waals surface area contributed by atoms with E-state index in [-0.39, 0.29) is 17.4 Å². The van der Waals surface area contributed by atoms with Gasteiger partial charge in [0.05, 0.1) is 0 Å². The summed E-state index contributed by atoms with van der Waals surface area (Å²) in [6.45, 7) is 7.99. The first-order valence-corrected chi connectivity index (χ1v) is 7.78. The van der Waals surface area contributed by atoms with Crippen LogP contribution < -0.4 is 5.32 Å². The maximum atomic E-state index is 12.7. The summed E-state index contributed by atoms with van der Waals surface area (Å²) in [5.74, 6) is 0.0578. The van der Waals surface area contributed by atoms with Crippen molar-refractivity contribution in [3.05, 3.63) is 35.4 Å². The fourth-order valence-corrected chi connectivity index (χ4v) is 2.86. The highest BCUT2D eigenvalue weighted by molar-refractivity contribution is 5.83. The molecule has 1 amide bonds. The third-order valence-corrected chi connectivity index (χ3v) is 3.61. The van der Waals surface area contributed by atoms with Gasteiger partial charge < -0.3 is 10.2 Å². The van der Waals surface area contributed by atoms with Gasteiger partial charge in [-0.15, -0.1) is 0 Å². The first-order chi connectivity index (χ1) is 10.1. The largest absolute Gasteiger partial charge is 0.354 e. The second-order valence-corrected chi connectivity index (χ2v) is 7.40. The van der Waals surface area contributed by atoms with E-state index < -0.39 is 0 Å². The van der Waals surface area contributed by atoms with Crippen LogP contribution >= 0.6 is 0 Å². The molecule has 0 saturated heterocycles. The van der Waals surface area contributed by atoms with E-state index in [4.69, 9.17) is 0 Å². The van der Waals surface area contributed by atoms with Gasteiger partial charge in [0.15, 0.2) is 0 Å². The third-order valence-electron chi connectivity index (χ3n) is 3.61. The van der Waals surface area contributed by atoms with Gasteiger partial charge in [-0.1, -0.05) is 43.7 Å². The molecule has 1 aromatic carbocycles. The fourth-order valence-electron chi connectivity index (χ4n) is 2.86. The van der Waals surface area contributed by atoms with Crippen molar-refractivity contribution in [1.29, 1.82) is 0 Å². The van der Waals surface area contributed by atoms with Crippen LogP contribution in [0.15, 0.2) is 24.3 Å². The Morgan fingerprint density at radius 1 is 1.23 bits per heavy atom.